The van der Waals surface area contributed by atoms with Crippen molar-refractivity contribution in [3.63, 3.8) is 0 Å². The second-order valence-electron chi connectivity index (χ2n) is 3.11. The Morgan fingerprint density at radius 1 is 1.23 bits per heavy atom. The van der Waals surface area contributed by atoms with Crippen LogP contribution in [0.2, 0.25) is 0 Å². The minimum Gasteiger partial charge on any atom is -0.287 e. The van der Waals surface area contributed by atoms with Crippen LogP contribution in [0.1, 0.15) is 52.4 Å². The highest BCUT2D eigenvalue weighted by Gasteiger charge is 1.97. The molecule has 0 radical (unpaired) electrons. The summed E-state index contributed by atoms with van der Waals surface area (Å²) in [5.74, 6) is 0. The second kappa shape index (κ2) is 9.85. The van der Waals surface area contributed by atoms with Crippen LogP contribution in [-0.2, 0) is 4.79 Å². The highest BCUT2D eigenvalue weighted by Crippen LogP contribution is 2.10. The lowest BCUT2D eigenvalue weighted by atomic mass is 10.2. The lowest BCUT2D eigenvalue weighted by Gasteiger charge is -1.93. The second-order valence-corrected chi connectivity index (χ2v) is 4.07. The first-order valence-corrected chi connectivity index (χ1v) is 6.03. The van der Waals surface area contributed by atoms with Crippen molar-refractivity contribution in [1.29, 1.82) is 0 Å². The van der Waals surface area contributed by atoms with Gasteiger partial charge in [0.25, 0.3) is 0 Å². The number of thioether (sulfide) groups is 1. The fourth-order valence-corrected chi connectivity index (χ4v) is 1.54. The summed E-state index contributed by atoms with van der Waals surface area (Å²) in [5.41, 5.74) is 0. The SMILES string of the molecule is CCCC/C=C\SC(=O)CCCC. The molecule has 0 bridgehead atoms. The lowest BCUT2D eigenvalue weighted by Crippen LogP contribution is -1.87. The molecular weight excluding hydrogens is 180 g/mol. The number of carbonyl (C=O) groups excluding carboxylic acids is 1. The maximum atomic E-state index is 11.1. The monoisotopic (exact) mass is 200 g/mol. The first kappa shape index (κ1) is 12.8. The highest BCUT2D eigenvalue weighted by molar-refractivity contribution is 8.16. The molecule has 0 aromatic heterocycles. The van der Waals surface area contributed by atoms with Crippen molar-refractivity contribution in [2.45, 2.75) is 52.4 Å². The van der Waals surface area contributed by atoms with Gasteiger partial charge in [0.1, 0.15) is 0 Å². The molecule has 0 spiro atoms. The van der Waals surface area contributed by atoms with Gasteiger partial charge in [-0.2, -0.15) is 0 Å². The molecule has 0 fully saturated rings. The Kier molecular flexibility index (Phi) is 9.66. The molecule has 0 saturated carbocycles. The zero-order chi connectivity index (χ0) is 9.94. The molecule has 2 heteroatoms. The average molecular weight is 200 g/mol. The summed E-state index contributed by atoms with van der Waals surface area (Å²) in [6.07, 6.45) is 8.49. The Hall–Kier alpha value is -0.240. The molecule has 1 nitrogen and oxygen atoms in total. The Morgan fingerprint density at radius 3 is 2.54 bits per heavy atom. The van der Waals surface area contributed by atoms with Gasteiger partial charge < -0.3 is 0 Å². The maximum absolute atomic E-state index is 11.1. The number of hydrogen-bond donors (Lipinski definition) is 0. The minimum atomic E-state index is 0.301. The molecule has 0 aliphatic heterocycles. The molecule has 0 N–H and O–H groups in total. The van der Waals surface area contributed by atoms with E-state index < -0.39 is 0 Å². The molecule has 0 aliphatic carbocycles. The van der Waals surface area contributed by atoms with Gasteiger partial charge in [-0.25, -0.2) is 0 Å². The molecule has 0 aliphatic rings. The summed E-state index contributed by atoms with van der Waals surface area (Å²) in [6, 6.07) is 0. The van der Waals surface area contributed by atoms with Crippen LogP contribution in [0.4, 0.5) is 0 Å². The van der Waals surface area contributed by atoms with E-state index in [0.717, 1.165) is 25.7 Å². The Labute approximate surface area is 86.0 Å². The predicted octanol–water partition coefficient (Wildman–Crippen LogP) is 4.14. The Morgan fingerprint density at radius 2 is 1.92 bits per heavy atom. The van der Waals surface area contributed by atoms with E-state index in [4.69, 9.17) is 0 Å². The van der Waals surface area contributed by atoms with E-state index in [2.05, 4.69) is 19.9 Å². The number of rotatable bonds is 7. The molecule has 0 aromatic carbocycles. The van der Waals surface area contributed by atoms with E-state index >= 15 is 0 Å². The van der Waals surface area contributed by atoms with Crippen LogP contribution in [0.3, 0.4) is 0 Å². The molecule has 0 rings (SSSR count). The van der Waals surface area contributed by atoms with Gasteiger partial charge in [-0.05, 0) is 18.2 Å². The van der Waals surface area contributed by atoms with Crippen LogP contribution in [0.15, 0.2) is 11.5 Å². The van der Waals surface area contributed by atoms with Crippen molar-refractivity contribution in [1.82, 2.24) is 0 Å². The van der Waals surface area contributed by atoms with Crippen molar-refractivity contribution >= 4 is 16.9 Å². The molecule has 13 heavy (non-hydrogen) atoms. The van der Waals surface area contributed by atoms with Gasteiger partial charge in [0, 0.05) is 6.42 Å². The van der Waals surface area contributed by atoms with E-state index in [0.29, 0.717) is 5.12 Å². The largest absolute Gasteiger partial charge is 0.287 e. The van der Waals surface area contributed by atoms with Gasteiger partial charge in [-0.3, -0.25) is 4.79 Å². The van der Waals surface area contributed by atoms with Crippen LogP contribution in [0.5, 0.6) is 0 Å². The first-order chi connectivity index (χ1) is 6.31. The van der Waals surface area contributed by atoms with E-state index in [-0.39, 0.29) is 0 Å². The fourth-order valence-electron chi connectivity index (χ4n) is 0.894. The molecule has 0 aromatic rings. The van der Waals surface area contributed by atoms with E-state index in [9.17, 15) is 4.79 Å². The molecule has 76 valence electrons. The van der Waals surface area contributed by atoms with E-state index in [1.54, 1.807) is 0 Å². The molecule has 0 unspecified atom stereocenters. The standard InChI is InChI=1S/C11H20OS/c1-3-5-7-8-10-13-11(12)9-6-4-2/h8,10H,3-7,9H2,1-2H3/b10-8-. The summed E-state index contributed by atoms with van der Waals surface area (Å²) in [6.45, 7) is 4.28. The number of unbranched alkanes of at least 4 members (excludes halogenated alkanes) is 3. The van der Waals surface area contributed by atoms with Gasteiger partial charge in [-0.15, -0.1) is 0 Å². The van der Waals surface area contributed by atoms with Gasteiger partial charge in [0.15, 0.2) is 5.12 Å². The summed E-state index contributed by atoms with van der Waals surface area (Å²) in [7, 11) is 0. The number of allylic oxidation sites excluding steroid dienone is 1. The van der Waals surface area contributed by atoms with E-state index in [1.165, 1.54) is 24.6 Å². The van der Waals surface area contributed by atoms with Crippen LogP contribution < -0.4 is 0 Å². The third-order valence-corrected chi connectivity index (χ3v) is 2.55. The topological polar surface area (TPSA) is 17.1 Å². The lowest BCUT2D eigenvalue weighted by molar-refractivity contribution is -0.111. The van der Waals surface area contributed by atoms with Gasteiger partial charge >= 0.3 is 0 Å². The zero-order valence-corrected chi connectivity index (χ0v) is 9.53. The smallest absolute Gasteiger partial charge is 0.193 e. The number of hydrogen-bond acceptors (Lipinski definition) is 2. The first-order valence-electron chi connectivity index (χ1n) is 5.15. The fraction of sp³-hybridized carbons (Fsp3) is 0.727. The Balaban J connectivity index is 3.29. The van der Waals surface area contributed by atoms with E-state index in [1.807, 2.05) is 5.41 Å². The van der Waals surface area contributed by atoms with Crippen molar-refractivity contribution in [2.75, 3.05) is 0 Å². The highest BCUT2D eigenvalue weighted by atomic mass is 32.2. The van der Waals surface area contributed by atoms with Crippen molar-refractivity contribution in [3.8, 4) is 0 Å². The van der Waals surface area contributed by atoms with Crippen molar-refractivity contribution < 1.29 is 4.79 Å². The summed E-state index contributed by atoms with van der Waals surface area (Å²) in [5, 5.41) is 2.24. The van der Waals surface area contributed by atoms with Crippen molar-refractivity contribution in [2.24, 2.45) is 0 Å². The van der Waals surface area contributed by atoms with Gasteiger partial charge in [-0.1, -0.05) is 50.9 Å². The van der Waals surface area contributed by atoms with Crippen LogP contribution >= 0.6 is 11.8 Å². The molecule has 0 atom stereocenters. The van der Waals surface area contributed by atoms with Crippen molar-refractivity contribution in [3.05, 3.63) is 11.5 Å². The zero-order valence-electron chi connectivity index (χ0n) is 8.71. The van der Waals surface area contributed by atoms with Crippen LogP contribution in [-0.4, -0.2) is 5.12 Å². The minimum absolute atomic E-state index is 0.301. The third-order valence-electron chi connectivity index (χ3n) is 1.75. The number of carbonyl (C=O) groups is 1. The predicted molar refractivity (Wildman–Crippen MR) is 60.8 cm³/mol. The summed E-state index contributed by atoms with van der Waals surface area (Å²) < 4.78 is 0. The molecular formula is C11H20OS. The van der Waals surface area contributed by atoms with Crippen LogP contribution in [0, 0.1) is 0 Å². The molecule has 0 heterocycles. The molecule has 0 saturated heterocycles. The average Bonchev–Trinajstić information content (AvgIpc) is 2.14. The molecule has 0 amide bonds. The summed E-state index contributed by atoms with van der Waals surface area (Å²) in [4.78, 5) is 11.1. The maximum Gasteiger partial charge on any atom is 0.193 e. The van der Waals surface area contributed by atoms with Crippen LogP contribution in [0.25, 0.3) is 0 Å². The van der Waals surface area contributed by atoms with Gasteiger partial charge in [0.2, 0.25) is 0 Å². The summed E-state index contributed by atoms with van der Waals surface area (Å²) >= 11 is 1.35. The third kappa shape index (κ3) is 9.68. The van der Waals surface area contributed by atoms with Gasteiger partial charge in [0.05, 0.1) is 0 Å². The quantitative estimate of drug-likeness (QED) is 0.574. The normalized spacial score (nSPS) is 10.9. The Bertz CT molecular complexity index is 152.